The summed E-state index contributed by atoms with van der Waals surface area (Å²) in [7, 11) is 0. The molecule has 26 heavy (non-hydrogen) atoms. The Kier molecular flexibility index (Phi) is 5.52. The van der Waals surface area contributed by atoms with Gasteiger partial charge in [0.25, 0.3) is 0 Å². The van der Waals surface area contributed by atoms with Gasteiger partial charge in [-0.25, -0.2) is 14.4 Å². The molecule has 0 saturated carbocycles. The van der Waals surface area contributed by atoms with Crippen LogP contribution >= 0.6 is 11.8 Å². The number of hydrogen-bond donors (Lipinski definition) is 1. The molecule has 0 saturated heterocycles. The molecule has 6 heteroatoms. The molecule has 2 aromatic carbocycles. The summed E-state index contributed by atoms with van der Waals surface area (Å²) in [6, 6.07) is 12.1. The summed E-state index contributed by atoms with van der Waals surface area (Å²) in [4.78, 5) is 21.3. The second-order valence-electron chi connectivity index (χ2n) is 6.39. The topological polar surface area (TPSA) is 54.9 Å². The molecule has 4 nitrogen and oxygen atoms in total. The van der Waals surface area contributed by atoms with Crippen molar-refractivity contribution in [2.45, 2.75) is 31.8 Å². The number of aromatic nitrogens is 2. The van der Waals surface area contributed by atoms with Crippen molar-refractivity contribution in [2.75, 3.05) is 5.75 Å². The zero-order valence-corrected chi connectivity index (χ0v) is 15.7. The summed E-state index contributed by atoms with van der Waals surface area (Å²) in [5.41, 5.74) is 2.64. The average Bonchev–Trinajstić information content (AvgIpc) is 2.59. The molecule has 0 unspecified atom stereocenters. The van der Waals surface area contributed by atoms with Gasteiger partial charge >= 0.3 is 0 Å². The summed E-state index contributed by atoms with van der Waals surface area (Å²) in [5, 5.41) is 4.54. The molecule has 0 aliphatic heterocycles. The fraction of sp³-hybridized carbons (Fsp3) is 0.250. The third-order valence-electron chi connectivity index (χ3n) is 3.71. The van der Waals surface area contributed by atoms with Crippen molar-refractivity contribution in [3.8, 4) is 11.4 Å². The lowest BCUT2D eigenvalue weighted by Gasteiger charge is -2.11. The van der Waals surface area contributed by atoms with E-state index in [1.54, 1.807) is 12.1 Å². The highest BCUT2D eigenvalue weighted by molar-refractivity contribution is 8.00. The van der Waals surface area contributed by atoms with E-state index >= 15 is 0 Å². The first kappa shape index (κ1) is 18.3. The standard InChI is InChI=1S/C20H20FN3OS/c1-12(2)22-18(25)11-26-20-16-10-13(3)4-9-17(16)23-19(24-20)14-5-7-15(21)8-6-14/h4-10,12H,11H2,1-3H3,(H,22,25). The van der Waals surface area contributed by atoms with Crippen molar-refractivity contribution >= 4 is 28.6 Å². The van der Waals surface area contributed by atoms with Crippen LogP contribution in [-0.2, 0) is 4.79 Å². The number of fused-ring (bicyclic) bond motifs is 1. The van der Waals surface area contributed by atoms with Crippen LogP contribution in [0, 0.1) is 12.7 Å². The molecule has 3 aromatic rings. The number of hydrogen-bond acceptors (Lipinski definition) is 4. The molecule has 134 valence electrons. The van der Waals surface area contributed by atoms with E-state index in [0.29, 0.717) is 5.82 Å². The molecule has 0 spiro atoms. The maximum atomic E-state index is 13.2. The van der Waals surface area contributed by atoms with Gasteiger partial charge in [-0.15, -0.1) is 0 Å². The van der Waals surface area contributed by atoms with Gasteiger partial charge in [0.2, 0.25) is 5.91 Å². The molecule has 0 aliphatic carbocycles. The molecular formula is C20H20FN3OS. The van der Waals surface area contributed by atoms with Gasteiger partial charge < -0.3 is 5.32 Å². The smallest absolute Gasteiger partial charge is 0.230 e. The Morgan fingerprint density at radius 2 is 1.88 bits per heavy atom. The Labute approximate surface area is 156 Å². The second kappa shape index (κ2) is 7.83. The van der Waals surface area contributed by atoms with Crippen LogP contribution in [0.5, 0.6) is 0 Å². The van der Waals surface area contributed by atoms with E-state index in [4.69, 9.17) is 0 Å². The predicted molar refractivity (Wildman–Crippen MR) is 104 cm³/mol. The van der Waals surface area contributed by atoms with Gasteiger partial charge in [-0.3, -0.25) is 4.79 Å². The molecule has 3 rings (SSSR count). The van der Waals surface area contributed by atoms with E-state index < -0.39 is 0 Å². The summed E-state index contributed by atoms with van der Waals surface area (Å²) < 4.78 is 13.2. The molecule has 0 bridgehead atoms. The Morgan fingerprint density at radius 3 is 2.58 bits per heavy atom. The van der Waals surface area contributed by atoms with Gasteiger partial charge in [0.05, 0.1) is 11.3 Å². The molecule has 0 fully saturated rings. The van der Waals surface area contributed by atoms with E-state index in [1.807, 2.05) is 39.0 Å². The van der Waals surface area contributed by atoms with Gasteiger partial charge in [0, 0.05) is 17.0 Å². The van der Waals surface area contributed by atoms with Crippen LogP contribution in [-0.4, -0.2) is 27.7 Å². The van der Waals surface area contributed by atoms with Crippen LogP contribution < -0.4 is 5.32 Å². The lowest BCUT2D eigenvalue weighted by Crippen LogP contribution is -2.31. The Bertz CT molecular complexity index is 942. The SMILES string of the molecule is Cc1ccc2nc(-c3ccc(F)cc3)nc(SCC(=O)NC(C)C)c2c1. The first-order valence-electron chi connectivity index (χ1n) is 8.39. The highest BCUT2D eigenvalue weighted by Crippen LogP contribution is 2.29. The summed E-state index contributed by atoms with van der Waals surface area (Å²) in [6.45, 7) is 5.87. The number of aryl methyl sites for hydroxylation is 1. The maximum absolute atomic E-state index is 13.2. The highest BCUT2D eigenvalue weighted by Gasteiger charge is 2.13. The first-order valence-corrected chi connectivity index (χ1v) is 9.37. The monoisotopic (exact) mass is 369 g/mol. The minimum Gasteiger partial charge on any atom is -0.353 e. The molecule has 1 heterocycles. The first-order chi connectivity index (χ1) is 12.4. The minimum atomic E-state index is -0.301. The molecular weight excluding hydrogens is 349 g/mol. The third-order valence-corrected chi connectivity index (χ3v) is 4.70. The number of nitrogens with zero attached hydrogens (tertiary/aromatic N) is 2. The van der Waals surface area contributed by atoms with Crippen LogP contribution in [0.25, 0.3) is 22.3 Å². The zero-order valence-electron chi connectivity index (χ0n) is 14.9. The van der Waals surface area contributed by atoms with Crippen LogP contribution in [0.3, 0.4) is 0 Å². The quantitative estimate of drug-likeness (QED) is 0.536. The molecule has 1 N–H and O–H groups in total. The lowest BCUT2D eigenvalue weighted by atomic mass is 10.1. The largest absolute Gasteiger partial charge is 0.353 e. The van der Waals surface area contributed by atoms with E-state index in [-0.39, 0.29) is 23.5 Å². The van der Waals surface area contributed by atoms with Gasteiger partial charge in [-0.1, -0.05) is 23.4 Å². The Balaban J connectivity index is 1.99. The van der Waals surface area contributed by atoms with Gasteiger partial charge in [-0.05, 0) is 57.2 Å². The number of thioether (sulfide) groups is 1. The molecule has 0 radical (unpaired) electrons. The van der Waals surface area contributed by atoms with Crippen LogP contribution in [0.15, 0.2) is 47.5 Å². The highest BCUT2D eigenvalue weighted by atomic mass is 32.2. The molecule has 0 atom stereocenters. The number of carbonyl (C=O) groups is 1. The number of amides is 1. The molecule has 0 aliphatic rings. The van der Waals surface area contributed by atoms with Gasteiger partial charge in [-0.2, -0.15) is 0 Å². The number of halogens is 1. The van der Waals surface area contributed by atoms with Crippen LogP contribution in [0.4, 0.5) is 4.39 Å². The lowest BCUT2D eigenvalue weighted by molar-refractivity contribution is -0.119. The zero-order chi connectivity index (χ0) is 18.7. The average molecular weight is 369 g/mol. The van der Waals surface area contributed by atoms with Crippen molar-refractivity contribution in [1.82, 2.24) is 15.3 Å². The van der Waals surface area contributed by atoms with E-state index in [0.717, 1.165) is 27.1 Å². The molecule has 1 amide bonds. The Morgan fingerprint density at radius 1 is 1.15 bits per heavy atom. The minimum absolute atomic E-state index is 0.0345. The van der Waals surface area contributed by atoms with Crippen molar-refractivity contribution in [2.24, 2.45) is 0 Å². The van der Waals surface area contributed by atoms with Crippen molar-refractivity contribution in [3.63, 3.8) is 0 Å². The van der Waals surface area contributed by atoms with Crippen molar-refractivity contribution < 1.29 is 9.18 Å². The predicted octanol–water partition coefficient (Wildman–Crippen LogP) is 4.36. The van der Waals surface area contributed by atoms with Crippen molar-refractivity contribution in [1.29, 1.82) is 0 Å². The summed E-state index contributed by atoms with van der Waals surface area (Å²) in [6.07, 6.45) is 0. The number of benzene rings is 2. The Hall–Kier alpha value is -2.47. The molecule has 1 aromatic heterocycles. The van der Waals surface area contributed by atoms with Gasteiger partial charge in [0.15, 0.2) is 5.82 Å². The van der Waals surface area contributed by atoms with E-state index in [9.17, 15) is 9.18 Å². The second-order valence-corrected chi connectivity index (χ2v) is 7.35. The summed E-state index contributed by atoms with van der Waals surface area (Å²) in [5.74, 6) is 0.465. The van der Waals surface area contributed by atoms with Crippen molar-refractivity contribution in [3.05, 3.63) is 53.8 Å². The normalized spacial score (nSPS) is 11.1. The maximum Gasteiger partial charge on any atom is 0.230 e. The number of carbonyl (C=O) groups excluding carboxylic acids is 1. The summed E-state index contributed by atoms with van der Waals surface area (Å²) >= 11 is 1.38. The fourth-order valence-electron chi connectivity index (χ4n) is 2.55. The van der Waals surface area contributed by atoms with Gasteiger partial charge in [0.1, 0.15) is 10.8 Å². The van der Waals surface area contributed by atoms with Crippen LogP contribution in [0.1, 0.15) is 19.4 Å². The fourth-order valence-corrected chi connectivity index (χ4v) is 3.37. The van der Waals surface area contributed by atoms with E-state index in [1.165, 1.54) is 23.9 Å². The third kappa shape index (κ3) is 4.38. The number of nitrogens with one attached hydrogen (secondary N) is 1. The van der Waals surface area contributed by atoms with E-state index in [2.05, 4.69) is 15.3 Å². The number of rotatable bonds is 5. The van der Waals surface area contributed by atoms with Crippen LogP contribution in [0.2, 0.25) is 0 Å².